The number of thiophene rings is 1. The Morgan fingerprint density at radius 2 is 0.463 bits per heavy atom. The number of phenolic OH excluding ortho intramolecular Hbond substituents is 4. The highest BCUT2D eigenvalue weighted by molar-refractivity contribution is 7.12. The lowest BCUT2D eigenvalue weighted by Gasteiger charge is -2.33. The van der Waals surface area contributed by atoms with Crippen LogP contribution < -0.4 is 0 Å². The molecule has 366 valence electrons. The van der Waals surface area contributed by atoms with E-state index in [-0.39, 0.29) is 66.3 Å². The summed E-state index contributed by atoms with van der Waals surface area (Å²) in [6.45, 7) is 52.2. The number of hydrogen-bond acceptors (Lipinski definition) is 5. The van der Waals surface area contributed by atoms with Gasteiger partial charge in [0.2, 0.25) is 0 Å². The van der Waals surface area contributed by atoms with Crippen molar-refractivity contribution in [3.8, 4) is 23.0 Å². The molecule has 5 aromatic rings. The Morgan fingerprint density at radius 1 is 0.284 bits per heavy atom. The van der Waals surface area contributed by atoms with Gasteiger partial charge in [-0.1, -0.05) is 215 Å². The molecule has 0 atom stereocenters. The molecule has 1 heterocycles. The summed E-state index contributed by atoms with van der Waals surface area (Å²) in [5, 5.41) is 51.1. The van der Waals surface area contributed by atoms with Crippen LogP contribution in [-0.2, 0) is 43.3 Å². The molecule has 0 aliphatic rings. The molecule has 0 saturated heterocycles. The third-order valence-corrected chi connectivity index (χ3v) is 14.9. The van der Waals surface area contributed by atoms with Gasteiger partial charge in [0.25, 0.3) is 0 Å². The zero-order chi connectivity index (χ0) is 51.3. The fourth-order valence-corrected chi connectivity index (χ4v) is 10.4. The van der Waals surface area contributed by atoms with Crippen LogP contribution in [-0.4, -0.2) is 20.4 Å². The number of aromatic hydroxyl groups is 4. The predicted octanol–water partition coefficient (Wildman–Crippen LogP) is 17.3. The minimum absolute atomic E-state index is 0.227. The van der Waals surface area contributed by atoms with Crippen LogP contribution in [0, 0.1) is 0 Å². The van der Waals surface area contributed by atoms with Crippen molar-refractivity contribution in [2.45, 2.75) is 221 Å². The normalized spacial score (nSPS) is 13.9. The van der Waals surface area contributed by atoms with Crippen molar-refractivity contribution in [3.05, 3.63) is 137 Å². The Morgan fingerprint density at radius 3 is 0.612 bits per heavy atom. The summed E-state index contributed by atoms with van der Waals surface area (Å²) in [5.74, 6) is -0.247. The number of phenols is 4. The van der Waals surface area contributed by atoms with E-state index < -0.39 is 11.8 Å². The summed E-state index contributed by atoms with van der Waals surface area (Å²) in [7, 11) is 0. The molecule has 4 nitrogen and oxygen atoms in total. The zero-order valence-corrected chi connectivity index (χ0v) is 46.9. The highest BCUT2D eigenvalue weighted by Crippen LogP contribution is 2.54. The van der Waals surface area contributed by atoms with E-state index in [9.17, 15) is 20.4 Å². The third kappa shape index (κ3) is 11.1. The second-order valence-electron chi connectivity index (χ2n) is 28.0. The molecule has 1 aromatic heterocycles. The molecule has 0 aliphatic carbocycles. The SMILES string of the molecule is CC(C)(C)c1cc(C(c2ccc(C(c3cc(C(C)(C)C)cc(C(C)(C)C)c3O)c3cc(C(C)(C)C)cc(C(C)(C)C)c3O)s2)c2cc(C(C)(C)C)cc(C(C)(C)C)c2O)c(O)c(C(C)(C)C)c1. The minimum atomic E-state index is -0.578. The van der Waals surface area contributed by atoms with Gasteiger partial charge in [0.15, 0.2) is 0 Å². The lowest BCUT2D eigenvalue weighted by atomic mass is 9.73. The smallest absolute Gasteiger partial charge is 0.123 e. The maximum absolute atomic E-state index is 12.8. The van der Waals surface area contributed by atoms with Crippen molar-refractivity contribution in [3.63, 3.8) is 0 Å². The van der Waals surface area contributed by atoms with Gasteiger partial charge in [-0.25, -0.2) is 0 Å². The molecule has 67 heavy (non-hydrogen) atoms. The number of hydrogen-bond donors (Lipinski definition) is 4. The first-order chi connectivity index (χ1) is 30.0. The van der Waals surface area contributed by atoms with E-state index in [2.05, 4.69) is 227 Å². The molecule has 0 unspecified atom stereocenters. The first-order valence-corrected chi connectivity index (χ1v) is 25.4. The summed E-state index contributed by atoms with van der Waals surface area (Å²) >= 11 is 1.63. The topological polar surface area (TPSA) is 80.9 Å². The van der Waals surface area contributed by atoms with Crippen LogP contribution in [0.3, 0.4) is 0 Å². The quantitative estimate of drug-likeness (QED) is 0.137. The molecule has 0 saturated carbocycles. The van der Waals surface area contributed by atoms with Crippen LogP contribution in [0.5, 0.6) is 23.0 Å². The maximum Gasteiger partial charge on any atom is 0.123 e. The van der Waals surface area contributed by atoms with Gasteiger partial charge in [-0.2, -0.15) is 0 Å². The van der Waals surface area contributed by atoms with Crippen molar-refractivity contribution < 1.29 is 20.4 Å². The fourth-order valence-electron chi connectivity index (χ4n) is 9.15. The van der Waals surface area contributed by atoms with Gasteiger partial charge in [-0.05, 0) is 100.0 Å². The summed E-state index contributed by atoms with van der Waals surface area (Å²) in [6.07, 6.45) is 0. The Balaban J connectivity index is 2.07. The van der Waals surface area contributed by atoms with Gasteiger partial charge < -0.3 is 20.4 Å². The molecule has 0 radical (unpaired) electrons. The average Bonchev–Trinajstić information content (AvgIpc) is 3.59. The third-order valence-electron chi connectivity index (χ3n) is 13.7. The monoisotopic (exact) mass is 929 g/mol. The summed E-state index contributed by atoms with van der Waals surface area (Å²) in [4.78, 5) is 1.87. The zero-order valence-electron chi connectivity index (χ0n) is 46.1. The van der Waals surface area contributed by atoms with Gasteiger partial charge in [-0.3, -0.25) is 0 Å². The highest BCUT2D eigenvalue weighted by atomic mass is 32.1. The molecule has 5 rings (SSSR count). The van der Waals surface area contributed by atoms with E-state index in [1.165, 1.54) is 0 Å². The molecular weight excluding hydrogens is 841 g/mol. The highest BCUT2D eigenvalue weighted by Gasteiger charge is 2.38. The van der Waals surface area contributed by atoms with Crippen molar-refractivity contribution in [1.29, 1.82) is 0 Å². The van der Waals surface area contributed by atoms with Crippen molar-refractivity contribution in [1.82, 2.24) is 0 Å². The first-order valence-electron chi connectivity index (χ1n) is 24.6. The molecule has 4 aromatic carbocycles. The van der Waals surface area contributed by atoms with E-state index >= 15 is 0 Å². The van der Waals surface area contributed by atoms with Crippen LogP contribution >= 0.6 is 11.3 Å². The molecular formula is C62H88O4S. The minimum Gasteiger partial charge on any atom is -0.507 e. The van der Waals surface area contributed by atoms with Crippen LogP contribution in [0.4, 0.5) is 0 Å². The van der Waals surface area contributed by atoms with Crippen LogP contribution in [0.25, 0.3) is 0 Å². The van der Waals surface area contributed by atoms with Gasteiger partial charge in [0.1, 0.15) is 23.0 Å². The Hall–Kier alpha value is -4.22. The Labute approximate surface area is 411 Å². The van der Waals surface area contributed by atoms with Crippen LogP contribution in [0.2, 0.25) is 0 Å². The standard InChI is InChI=1S/C62H88O4S/c1-55(2,3)35-27-39(51(63)43(31-35)59(13,14)15)49(40-28-36(56(4,5)6)32-44(52(40)64)60(16,17)18)47-25-26-48(67-47)50(41-29-37(57(7,8)9)33-45(53(41)65)61(19,20)21)42-30-38(58(10,11)12)34-46(54(42)66)62(22,23)24/h25-34,49-50,63-66H,1-24H3. The molecule has 0 fully saturated rings. The first kappa shape index (κ1) is 53.7. The van der Waals surface area contributed by atoms with Gasteiger partial charge >= 0.3 is 0 Å². The van der Waals surface area contributed by atoms with E-state index in [0.717, 1.165) is 76.5 Å². The second-order valence-corrected chi connectivity index (χ2v) is 29.1. The van der Waals surface area contributed by atoms with Crippen molar-refractivity contribution >= 4 is 11.3 Å². The Bertz CT molecular complexity index is 2290. The summed E-state index contributed by atoms with van der Waals surface area (Å²) in [5.41, 5.74) is 8.26. The van der Waals surface area contributed by atoms with E-state index in [4.69, 9.17) is 0 Å². The molecule has 4 N–H and O–H groups in total. The van der Waals surface area contributed by atoms with Crippen LogP contribution in [0.1, 0.15) is 255 Å². The number of benzene rings is 4. The second kappa shape index (κ2) is 17.3. The maximum atomic E-state index is 12.8. The van der Waals surface area contributed by atoms with E-state index in [1.54, 1.807) is 11.3 Å². The fraction of sp³-hybridized carbons (Fsp3) is 0.548. The van der Waals surface area contributed by atoms with E-state index in [0.29, 0.717) is 0 Å². The predicted molar refractivity (Wildman–Crippen MR) is 288 cm³/mol. The van der Waals surface area contributed by atoms with E-state index in [1.807, 2.05) is 0 Å². The van der Waals surface area contributed by atoms with Crippen molar-refractivity contribution in [2.75, 3.05) is 0 Å². The van der Waals surface area contributed by atoms with Gasteiger partial charge in [0.05, 0.1) is 11.8 Å². The number of rotatable bonds is 6. The lowest BCUT2D eigenvalue weighted by Crippen LogP contribution is -2.20. The van der Waals surface area contributed by atoms with Gasteiger partial charge in [0, 0.05) is 32.0 Å². The molecule has 0 aliphatic heterocycles. The molecule has 0 amide bonds. The Kier molecular flexibility index (Phi) is 13.9. The molecule has 0 bridgehead atoms. The van der Waals surface area contributed by atoms with Gasteiger partial charge in [-0.15, -0.1) is 11.3 Å². The lowest BCUT2D eigenvalue weighted by molar-refractivity contribution is 0.428. The molecule has 0 spiro atoms. The van der Waals surface area contributed by atoms with Crippen molar-refractivity contribution in [2.24, 2.45) is 0 Å². The summed E-state index contributed by atoms with van der Waals surface area (Å²) < 4.78 is 0. The van der Waals surface area contributed by atoms with Crippen LogP contribution in [0.15, 0.2) is 60.7 Å². The summed E-state index contributed by atoms with van der Waals surface area (Å²) in [6, 6.07) is 21.6. The average molecular weight is 929 g/mol. The molecule has 5 heteroatoms. The largest absolute Gasteiger partial charge is 0.507 e.